The standard InChI is InChI=1S/C21H29N3O4.C11H10BrNO2.C10H20N2O2.2CH4/c1-14-12-23(20(26)28-21(2,3)4)9-10-24(14)15-7-8-16-17(19(25)27-6)13-22(5)18(16)11-15;1-13-6-9(11(14)15-2)8-4-3-7(12)5-10(8)13;1-8-7-12(6-5-11-8)9(13)14-10(2,3)4;;/h7-8,11,13-14H,9-10,12H2,1-6H3;3-6H,1-2H3;8,11H,5-7H2,1-4H3;2*1H4. The third-order valence-corrected chi connectivity index (χ3v) is 9.86. The third kappa shape index (κ3) is 13.4. The van der Waals surface area contributed by atoms with Crippen molar-refractivity contribution < 1.29 is 38.1 Å². The van der Waals surface area contributed by atoms with Crippen LogP contribution < -0.4 is 10.2 Å². The highest BCUT2D eigenvalue weighted by molar-refractivity contribution is 9.10. The first-order chi connectivity index (χ1) is 26.6. The van der Waals surface area contributed by atoms with E-state index < -0.39 is 11.2 Å². The number of halogens is 1. The summed E-state index contributed by atoms with van der Waals surface area (Å²) < 4.78 is 25.2. The summed E-state index contributed by atoms with van der Waals surface area (Å²) in [4.78, 5) is 53.3. The van der Waals surface area contributed by atoms with Gasteiger partial charge >= 0.3 is 24.1 Å². The molecule has 0 spiro atoms. The zero-order chi connectivity index (χ0) is 42.4. The van der Waals surface area contributed by atoms with Gasteiger partial charge in [0.25, 0.3) is 0 Å². The first kappa shape index (κ1) is 50.4. The van der Waals surface area contributed by atoms with Crippen LogP contribution in [0.5, 0.6) is 0 Å². The molecule has 59 heavy (non-hydrogen) atoms. The van der Waals surface area contributed by atoms with Crippen LogP contribution in [0.2, 0.25) is 0 Å². The van der Waals surface area contributed by atoms with Gasteiger partial charge in [0.1, 0.15) is 11.2 Å². The first-order valence-electron chi connectivity index (χ1n) is 19.1. The van der Waals surface area contributed by atoms with Crippen molar-refractivity contribution in [3.63, 3.8) is 0 Å². The van der Waals surface area contributed by atoms with Gasteiger partial charge in [-0.1, -0.05) is 36.8 Å². The summed E-state index contributed by atoms with van der Waals surface area (Å²) >= 11 is 3.40. The highest BCUT2D eigenvalue weighted by atomic mass is 79.9. The smallest absolute Gasteiger partial charge is 0.410 e. The maximum absolute atomic E-state index is 12.4. The fourth-order valence-corrected chi connectivity index (χ4v) is 7.06. The van der Waals surface area contributed by atoms with Crippen molar-refractivity contribution in [3.8, 4) is 0 Å². The minimum atomic E-state index is -0.494. The maximum atomic E-state index is 12.4. The van der Waals surface area contributed by atoms with Crippen molar-refractivity contribution >= 4 is 67.5 Å². The molecule has 0 aliphatic carbocycles. The molecule has 4 aromatic rings. The number of esters is 2. The Hall–Kier alpha value is -4.76. The molecule has 6 rings (SSSR count). The molecule has 328 valence electrons. The molecule has 2 aromatic carbocycles. The number of nitrogens with zero attached hydrogens (tertiary/aromatic N) is 5. The monoisotopic (exact) mass is 886 g/mol. The minimum absolute atomic E-state index is 0. The predicted molar refractivity (Wildman–Crippen MR) is 240 cm³/mol. The molecule has 0 bridgehead atoms. The summed E-state index contributed by atoms with van der Waals surface area (Å²) in [5.74, 6) is -0.638. The number of aromatic nitrogens is 2. The molecule has 2 aliphatic rings. The van der Waals surface area contributed by atoms with Crippen molar-refractivity contribution in [1.29, 1.82) is 0 Å². The molecular formula is C44H67BrN6O8. The largest absolute Gasteiger partial charge is 0.465 e. The van der Waals surface area contributed by atoms with Gasteiger partial charge in [0.2, 0.25) is 0 Å². The average molecular weight is 888 g/mol. The van der Waals surface area contributed by atoms with Gasteiger partial charge in [-0.15, -0.1) is 0 Å². The second-order valence-corrected chi connectivity index (χ2v) is 17.3. The second-order valence-electron chi connectivity index (χ2n) is 16.4. The van der Waals surface area contributed by atoms with Crippen molar-refractivity contribution in [3.05, 3.63) is 64.4 Å². The predicted octanol–water partition coefficient (Wildman–Crippen LogP) is 8.63. The van der Waals surface area contributed by atoms with Crippen molar-refractivity contribution in [2.45, 2.75) is 93.5 Å². The molecule has 2 saturated heterocycles. The van der Waals surface area contributed by atoms with Crippen LogP contribution in [0.4, 0.5) is 15.3 Å². The molecule has 2 fully saturated rings. The van der Waals surface area contributed by atoms with E-state index in [-0.39, 0.29) is 45.0 Å². The molecule has 2 unspecified atom stereocenters. The molecule has 14 nitrogen and oxygen atoms in total. The second kappa shape index (κ2) is 21.0. The van der Waals surface area contributed by atoms with E-state index in [1.165, 1.54) is 14.2 Å². The number of hydrogen-bond donors (Lipinski definition) is 1. The zero-order valence-corrected chi connectivity index (χ0v) is 37.0. The molecule has 0 saturated carbocycles. The number of carbonyl (C=O) groups is 4. The molecule has 1 N–H and O–H groups in total. The van der Waals surface area contributed by atoms with Crippen molar-refractivity contribution in [2.24, 2.45) is 14.1 Å². The van der Waals surface area contributed by atoms with Gasteiger partial charge in [0.05, 0.1) is 30.9 Å². The Morgan fingerprint density at radius 3 is 1.63 bits per heavy atom. The number of ether oxygens (including phenoxy) is 4. The SMILES string of the molecule is C.C.CC1CN(C(=O)OC(C)(C)C)CCN1.COC(=O)c1cn(C)c2cc(Br)ccc12.COC(=O)c1cn(C)c2cc(N3CCN(C(=O)OC(C)(C)C)CC3C)ccc12. The van der Waals surface area contributed by atoms with E-state index in [9.17, 15) is 19.2 Å². The van der Waals surface area contributed by atoms with Gasteiger partial charge in [-0.05, 0) is 85.7 Å². The number of aryl methyl sites for hydroxylation is 2. The molecule has 2 amide bonds. The molecule has 0 radical (unpaired) electrons. The number of amides is 2. The molecule has 2 aromatic heterocycles. The van der Waals surface area contributed by atoms with Crippen LogP contribution >= 0.6 is 15.9 Å². The molecule has 4 heterocycles. The molecule has 2 atom stereocenters. The van der Waals surface area contributed by atoms with Gasteiger partial charge in [-0.25, -0.2) is 19.2 Å². The number of hydrogen-bond acceptors (Lipinski definition) is 10. The Morgan fingerprint density at radius 2 is 1.17 bits per heavy atom. The number of carbonyl (C=O) groups excluding carboxylic acids is 4. The molecular weight excluding hydrogens is 820 g/mol. The number of rotatable bonds is 3. The van der Waals surface area contributed by atoms with E-state index in [0.29, 0.717) is 30.3 Å². The summed E-state index contributed by atoms with van der Waals surface area (Å²) in [6.45, 7) is 19.7. The van der Waals surface area contributed by atoms with Crippen LogP contribution in [0, 0.1) is 0 Å². The van der Waals surface area contributed by atoms with E-state index in [4.69, 9.17) is 18.9 Å². The number of nitrogens with one attached hydrogen (secondary N) is 1. The van der Waals surface area contributed by atoms with Crippen molar-refractivity contribution in [2.75, 3.05) is 58.4 Å². The lowest BCUT2D eigenvalue weighted by Gasteiger charge is -2.41. The summed E-state index contributed by atoms with van der Waals surface area (Å²) in [5, 5.41) is 5.06. The van der Waals surface area contributed by atoms with E-state index in [1.54, 1.807) is 22.2 Å². The quantitative estimate of drug-likeness (QED) is 0.157. The Bertz CT molecular complexity index is 2060. The number of benzene rings is 2. The van der Waals surface area contributed by atoms with Crippen LogP contribution in [0.1, 0.15) is 91.0 Å². The van der Waals surface area contributed by atoms with E-state index in [0.717, 1.165) is 58.1 Å². The van der Waals surface area contributed by atoms with Crippen LogP contribution in [-0.2, 0) is 33.0 Å². The highest BCUT2D eigenvalue weighted by Crippen LogP contribution is 2.29. The maximum Gasteiger partial charge on any atom is 0.410 e. The summed E-state index contributed by atoms with van der Waals surface area (Å²) in [6.07, 6.45) is 3.11. The Kier molecular flexibility index (Phi) is 17.9. The number of fused-ring (bicyclic) bond motifs is 2. The van der Waals surface area contributed by atoms with Gasteiger partial charge in [-0.3, -0.25) is 0 Å². The van der Waals surface area contributed by atoms with Gasteiger partial charge in [0.15, 0.2) is 0 Å². The van der Waals surface area contributed by atoms with Crippen LogP contribution in [0.15, 0.2) is 53.3 Å². The third-order valence-electron chi connectivity index (χ3n) is 9.37. The van der Waals surface area contributed by atoms with Crippen molar-refractivity contribution in [1.82, 2.24) is 24.3 Å². The summed E-state index contributed by atoms with van der Waals surface area (Å²) in [6, 6.07) is 12.4. The lowest BCUT2D eigenvalue weighted by Crippen LogP contribution is -2.54. The van der Waals surface area contributed by atoms with E-state index in [2.05, 4.69) is 46.1 Å². The van der Waals surface area contributed by atoms with E-state index >= 15 is 0 Å². The molecule has 2 aliphatic heterocycles. The van der Waals surface area contributed by atoms with Crippen LogP contribution in [0.3, 0.4) is 0 Å². The lowest BCUT2D eigenvalue weighted by molar-refractivity contribution is 0.0197. The highest BCUT2D eigenvalue weighted by Gasteiger charge is 2.30. The number of anilines is 1. The van der Waals surface area contributed by atoms with Gasteiger partial charge in [-0.2, -0.15) is 0 Å². The Labute approximate surface area is 359 Å². The molecule has 15 heteroatoms. The van der Waals surface area contributed by atoms with Crippen LogP contribution in [-0.4, -0.2) is 120 Å². The summed E-state index contributed by atoms with van der Waals surface area (Å²) in [5.41, 5.74) is 3.32. The topological polar surface area (TPSA) is 137 Å². The fourth-order valence-electron chi connectivity index (χ4n) is 6.71. The van der Waals surface area contributed by atoms with Crippen LogP contribution in [0.25, 0.3) is 21.8 Å². The minimum Gasteiger partial charge on any atom is -0.465 e. The average Bonchev–Trinajstić information content (AvgIpc) is 3.65. The fraction of sp³-hybridized carbons (Fsp3) is 0.545. The Balaban J connectivity index is 0.000000328. The van der Waals surface area contributed by atoms with Gasteiger partial charge < -0.3 is 48.1 Å². The lowest BCUT2D eigenvalue weighted by atomic mass is 10.1. The number of piperazine rings is 2. The summed E-state index contributed by atoms with van der Waals surface area (Å²) in [7, 11) is 6.60. The van der Waals surface area contributed by atoms with Gasteiger partial charge in [0, 0.05) is 104 Å². The normalized spacial score (nSPS) is 16.7. The first-order valence-corrected chi connectivity index (χ1v) is 19.9. The zero-order valence-electron chi connectivity index (χ0n) is 35.4. The van der Waals surface area contributed by atoms with E-state index in [1.807, 2.05) is 95.1 Å². The number of methoxy groups -OCH3 is 2. The Morgan fingerprint density at radius 1 is 0.695 bits per heavy atom.